The summed E-state index contributed by atoms with van der Waals surface area (Å²) in [5, 5.41) is 8.68. The molecule has 4 nitrogen and oxygen atoms in total. The molecule has 0 radical (unpaired) electrons. The summed E-state index contributed by atoms with van der Waals surface area (Å²) in [5.74, 6) is -0.0293. The second-order valence-corrected chi connectivity index (χ2v) is 3.34. The maximum atomic E-state index is 11.1. The summed E-state index contributed by atoms with van der Waals surface area (Å²) >= 11 is 5.83. The van der Waals surface area contributed by atoms with Gasteiger partial charge in [-0.15, -0.1) is 0 Å². The topological polar surface area (TPSA) is 58.6 Å². The van der Waals surface area contributed by atoms with Crippen LogP contribution in [0.5, 0.6) is 5.75 Å². The smallest absolute Gasteiger partial charge is 0.276 e. The second-order valence-electron chi connectivity index (χ2n) is 2.93. The minimum atomic E-state index is -0.637. The first-order chi connectivity index (χ1) is 7.19. The summed E-state index contributed by atoms with van der Waals surface area (Å²) in [5.41, 5.74) is 1.73. The lowest BCUT2D eigenvalue weighted by Gasteiger charge is -2.07. The van der Waals surface area contributed by atoms with Gasteiger partial charge in [-0.1, -0.05) is 18.5 Å². The molecule has 82 valence electrons. The average Bonchev–Trinajstić information content (AvgIpc) is 2.25. The highest BCUT2D eigenvalue weighted by molar-refractivity contribution is 6.33. The molecule has 0 heterocycles. The van der Waals surface area contributed by atoms with E-state index >= 15 is 0 Å². The van der Waals surface area contributed by atoms with Crippen LogP contribution in [0.3, 0.4) is 0 Å². The van der Waals surface area contributed by atoms with Gasteiger partial charge < -0.3 is 4.74 Å². The molecule has 0 atom stereocenters. The molecule has 0 aliphatic carbocycles. The minimum Gasteiger partial charge on any atom is -0.494 e. The zero-order chi connectivity index (χ0) is 11.3. The maximum absolute atomic E-state index is 11.1. The summed E-state index contributed by atoms with van der Waals surface area (Å²) in [4.78, 5) is 11.1. The van der Waals surface area contributed by atoms with E-state index in [1.165, 1.54) is 11.5 Å². The van der Waals surface area contributed by atoms with Crippen molar-refractivity contribution in [2.45, 2.75) is 13.3 Å². The standard InChI is InChI=1S/C10H12ClNO3/c1-2-5-15-7-3-4-8(9(11)6-7)10(13)12-14/h3-4,6,14H,2,5H2,1H3,(H,12,13). The van der Waals surface area contributed by atoms with Gasteiger partial charge in [0.15, 0.2) is 0 Å². The largest absolute Gasteiger partial charge is 0.494 e. The molecule has 0 saturated heterocycles. The number of hydroxylamine groups is 1. The van der Waals surface area contributed by atoms with E-state index in [0.29, 0.717) is 12.4 Å². The second kappa shape index (κ2) is 5.58. The quantitative estimate of drug-likeness (QED) is 0.615. The van der Waals surface area contributed by atoms with E-state index in [9.17, 15) is 4.79 Å². The molecule has 0 aliphatic rings. The summed E-state index contributed by atoms with van der Waals surface area (Å²) in [7, 11) is 0. The summed E-state index contributed by atoms with van der Waals surface area (Å²) < 4.78 is 5.33. The molecule has 15 heavy (non-hydrogen) atoms. The Labute approximate surface area is 92.8 Å². The molecule has 1 amide bonds. The van der Waals surface area contributed by atoms with E-state index in [2.05, 4.69) is 0 Å². The summed E-state index contributed by atoms with van der Waals surface area (Å²) in [6.45, 7) is 2.59. The van der Waals surface area contributed by atoms with Crippen LogP contribution in [0.2, 0.25) is 5.02 Å². The van der Waals surface area contributed by atoms with Crippen molar-refractivity contribution in [3.63, 3.8) is 0 Å². The Morgan fingerprint density at radius 3 is 2.87 bits per heavy atom. The van der Waals surface area contributed by atoms with Crippen LogP contribution in [-0.2, 0) is 0 Å². The number of amides is 1. The van der Waals surface area contributed by atoms with Crippen molar-refractivity contribution >= 4 is 17.5 Å². The zero-order valence-electron chi connectivity index (χ0n) is 8.29. The van der Waals surface area contributed by atoms with E-state index < -0.39 is 5.91 Å². The number of rotatable bonds is 4. The van der Waals surface area contributed by atoms with Crippen LogP contribution in [-0.4, -0.2) is 17.7 Å². The monoisotopic (exact) mass is 229 g/mol. The molecular formula is C10H12ClNO3. The van der Waals surface area contributed by atoms with Crippen LogP contribution in [0.15, 0.2) is 18.2 Å². The number of ether oxygens (including phenoxy) is 1. The first-order valence-electron chi connectivity index (χ1n) is 4.55. The molecular weight excluding hydrogens is 218 g/mol. The summed E-state index contributed by atoms with van der Waals surface area (Å²) in [6, 6.07) is 4.67. The number of carbonyl (C=O) groups is 1. The molecule has 1 rings (SSSR count). The van der Waals surface area contributed by atoms with Crippen LogP contribution in [0.1, 0.15) is 23.7 Å². The van der Waals surface area contributed by atoms with Crippen molar-refractivity contribution in [2.75, 3.05) is 6.61 Å². The lowest BCUT2D eigenvalue weighted by Crippen LogP contribution is -2.18. The molecule has 1 aromatic carbocycles. The van der Waals surface area contributed by atoms with Gasteiger partial charge in [0.1, 0.15) is 5.75 Å². The Morgan fingerprint density at radius 1 is 1.60 bits per heavy atom. The SMILES string of the molecule is CCCOc1ccc(C(=O)NO)c(Cl)c1. The Bertz CT molecular complexity index is 355. The number of nitrogens with one attached hydrogen (secondary N) is 1. The van der Waals surface area contributed by atoms with Crippen LogP contribution in [0, 0.1) is 0 Å². The van der Waals surface area contributed by atoms with Crippen molar-refractivity contribution in [1.82, 2.24) is 5.48 Å². The average molecular weight is 230 g/mol. The molecule has 2 N–H and O–H groups in total. The van der Waals surface area contributed by atoms with E-state index in [0.717, 1.165) is 6.42 Å². The third-order valence-electron chi connectivity index (χ3n) is 1.76. The number of halogens is 1. The summed E-state index contributed by atoms with van der Waals surface area (Å²) in [6.07, 6.45) is 0.899. The highest BCUT2D eigenvalue weighted by atomic mass is 35.5. The highest BCUT2D eigenvalue weighted by Gasteiger charge is 2.09. The van der Waals surface area contributed by atoms with Crippen molar-refractivity contribution in [2.24, 2.45) is 0 Å². The lowest BCUT2D eigenvalue weighted by molar-refractivity contribution is 0.0706. The van der Waals surface area contributed by atoms with Gasteiger partial charge in [-0.25, -0.2) is 5.48 Å². The molecule has 0 spiro atoms. The molecule has 5 heteroatoms. The molecule has 0 unspecified atom stereocenters. The van der Waals surface area contributed by atoms with Gasteiger partial charge in [0.25, 0.3) is 5.91 Å². The van der Waals surface area contributed by atoms with Crippen molar-refractivity contribution < 1.29 is 14.7 Å². The highest BCUT2D eigenvalue weighted by Crippen LogP contribution is 2.22. The predicted octanol–water partition coefficient (Wildman–Crippen LogP) is 2.25. The van der Waals surface area contributed by atoms with E-state index in [4.69, 9.17) is 21.5 Å². The first kappa shape index (κ1) is 11.8. The first-order valence-corrected chi connectivity index (χ1v) is 4.93. The molecule has 0 aliphatic heterocycles. The lowest BCUT2D eigenvalue weighted by atomic mass is 10.2. The van der Waals surface area contributed by atoms with E-state index in [1.807, 2.05) is 6.92 Å². The third kappa shape index (κ3) is 3.11. The number of benzene rings is 1. The molecule has 1 aromatic rings. The Balaban J connectivity index is 2.83. The Hall–Kier alpha value is -1.26. The van der Waals surface area contributed by atoms with Crippen LogP contribution >= 0.6 is 11.6 Å². The van der Waals surface area contributed by atoms with Crippen LogP contribution in [0.25, 0.3) is 0 Å². The number of hydrogen-bond acceptors (Lipinski definition) is 3. The Morgan fingerprint density at radius 2 is 2.33 bits per heavy atom. The van der Waals surface area contributed by atoms with E-state index in [1.54, 1.807) is 12.1 Å². The van der Waals surface area contributed by atoms with Crippen molar-refractivity contribution in [3.8, 4) is 5.75 Å². The van der Waals surface area contributed by atoms with Crippen LogP contribution < -0.4 is 10.2 Å². The minimum absolute atomic E-state index is 0.211. The fourth-order valence-corrected chi connectivity index (χ4v) is 1.31. The Kier molecular flexibility index (Phi) is 4.39. The fraction of sp³-hybridized carbons (Fsp3) is 0.300. The van der Waals surface area contributed by atoms with Crippen molar-refractivity contribution in [1.29, 1.82) is 0 Å². The van der Waals surface area contributed by atoms with Gasteiger partial charge in [0.2, 0.25) is 0 Å². The number of carbonyl (C=O) groups excluding carboxylic acids is 1. The van der Waals surface area contributed by atoms with Crippen molar-refractivity contribution in [3.05, 3.63) is 28.8 Å². The molecule has 0 aromatic heterocycles. The molecule has 0 bridgehead atoms. The van der Waals surface area contributed by atoms with Gasteiger partial charge >= 0.3 is 0 Å². The predicted molar refractivity (Wildman–Crippen MR) is 56.5 cm³/mol. The number of hydrogen-bond donors (Lipinski definition) is 2. The van der Waals surface area contributed by atoms with Crippen LogP contribution in [0.4, 0.5) is 0 Å². The zero-order valence-corrected chi connectivity index (χ0v) is 9.04. The molecule has 0 saturated carbocycles. The molecule has 0 fully saturated rings. The van der Waals surface area contributed by atoms with Gasteiger partial charge in [0.05, 0.1) is 17.2 Å². The maximum Gasteiger partial charge on any atom is 0.276 e. The van der Waals surface area contributed by atoms with Gasteiger partial charge in [-0.2, -0.15) is 0 Å². The normalized spacial score (nSPS) is 9.80. The van der Waals surface area contributed by atoms with Gasteiger partial charge in [-0.3, -0.25) is 10.0 Å². The fourth-order valence-electron chi connectivity index (χ4n) is 1.05. The third-order valence-corrected chi connectivity index (χ3v) is 2.07. The van der Waals surface area contributed by atoms with E-state index in [-0.39, 0.29) is 10.6 Å². The van der Waals surface area contributed by atoms with Gasteiger partial charge in [0, 0.05) is 0 Å². The van der Waals surface area contributed by atoms with Gasteiger partial charge in [-0.05, 0) is 24.6 Å².